The fourth-order valence-corrected chi connectivity index (χ4v) is 4.02. The Bertz CT molecular complexity index is 1000. The van der Waals surface area contributed by atoms with E-state index in [1.54, 1.807) is 0 Å². The van der Waals surface area contributed by atoms with Gasteiger partial charge in [0.05, 0.1) is 5.69 Å². The monoisotopic (exact) mass is 401 g/mol. The van der Waals surface area contributed by atoms with E-state index in [0.717, 1.165) is 56.0 Å². The molecule has 0 aliphatic carbocycles. The maximum Gasteiger partial charge on any atom is 0.220 e. The molecule has 2 aromatic carbocycles. The molecule has 0 radical (unpaired) electrons. The molecule has 0 saturated carbocycles. The number of hydrogen-bond donors (Lipinski definition) is 1. The number of nitrogen functional groups attached to an aromatic ring is 1. The van der Waals surface area contributed by atoms with Gasteiger partial charge in [0.15, 0.2) is 0 Å². The van der Waals surface area contributed by atoms with Crippen molar-refractivity contribution in [1.82, 2.24) is 14.9 Å². The van der Waals surface area contributed by atoms with Crippen molar-refractivity contribution in [3.63, 3.8) is 0 Å². The standard InChI is InChI=1S/C25H31N5/c1-18-5-4-6-23(19(18)2)24-17-21(27-25(26)28-24)10-7-20-8-11-22(12-9-20)30-15-13-29(3)14-16-30/h4-6,8-9,11-12,17H,7,10,13-16H2,1-3H3,(H2,26,27,28). The summed E-state index contributed by atoms with van der Waals surface area (Å²) in [5, 5.41) is 0. The number of aromatic nitrogens is 2. The summed E-state index contributed by atoms with van der Waals surface area (Å²) in [6, 6.07) is 17.3. The van der Waals surface area contributed by atoms with Crippen LogP contribution in [-0.4, -0.2) is 48.1 Å². The molecular formula is C25H31N5. The summed E-state index contributed by atoms with van der Waals surface area (Å²) in [5.41, 5.74) is 14.2. The normalized spacial score (nSPS) is 14.8. The first kappa shape index (κ1) is 20.4. The average molecular weight is 402 g/mol. The molecule has 30 heavy (non-hydrogen) atoms. The quantitative estimate of drug-likeness (QED) is 0.703. The molecule has 2 N–H and O–H groups in total. The third-order valence-corrected chi connectivity index (χ3v) is 6.15. The lowest BCUT2D eigenvalue weighted by molar-refractivity contribution is 0.313. The fraction of sp³-hybridized carbons (Fsp3) is 0.360. The van der Waals surface area contributed by atoms with Crippen LogP contribution in [-0.2, 0) is 12.8 Å². The maximum absolute atomic E-state index is 6.03. The van der Waals surface area contributed by atoms with Gasteiger partial charge in [0.1, 0.15) is 0 Å². The number of anilines is 2. The first-order chi connectivity index (χ1) is 14.5. The number of likely N-dealkylation sites (N-methyl/N-ethyl adjacent to an activating group) is 1. The number of nitrogens with two attached hydrogens (primary N) is 1. The average Bonchev–Trinajstić information content (AvgIpc) is 2.75. The zero-order valence-electron chi connectivity index (χ0n) is 18.2. The number of piperazine rings is 1. The van der Waals surface area contributed by atoms with Crippen molar-refractivity contribution in [1.29, 1.82) is 0 Å². The van der Waals surface area contributed by atoms with Crippen molar-refractivity contribution in [3.05, 3.63) is 70.9 Å². The highest BCUT2D eigenvalue weighted by atomic mass is 15.2. The van der Waals surface area contributed by atoms with Gasteiger partial charge in [0, 0.05) is 43.1 Å². The molecule has 1 fully saturated rings. The molecule has 1 saturated heterocycles. The van der Waals surface area contributed by atoms with E-state index < -0.39 is 0 Å². The van der Waals surface area contributed by atoms with E-state index in [0.29, 0.717) is 5.95 Å². The predicted molar refractivity (Wildman–Crippen MR) is 125 cm³/mol. The van der Waals surface area contributed by atoms with Gasteiger partial charge < -0.3 is 15.5 Å². The molecule has 5 nitrogen and oxygen atoms in total. The third-order valence-electron chi connectivity index (χ3n) is 6.15. The van der Waals surface area contributed by atoms with Crippen LogP contribution in [0.25, 0.3) is 11.3 Å². The molecule has 0 spiro atoms. The lowest BCUT2D eigenvalue weighted by atomic mass is 9.99. The van der Waals surface area contributed by atoms with Crippen LogP contribution in [0.15, 0.2) is 48.5 Å². The van der Waals surface area contributed by atoms with Crippen molar-refractivity contribution in [2.75, 3.05) is 43.9 Å². The fourth-order valence-electron chi connectivity index (χ4n) is 4.02. The Balaban J connectivity index is 1.45. The number of benzene rings is 2. The van der Waals surface area contributed by atoms with Gasteiger partial charge in [-0.3, -0.25) is 0 Å². The van der Waals surface area contributed by atoms with Crippen molar-refractivity contribution in [2.24, 2.45) is 0 Å². The molecule has 1 aliphatic rings. The number of nitrogens with zero attached hydrogens (tertiary/aromatic N) is 4. The Morgan fingerprint density at radius 2 is 1.63 bits per heavy atom. The molecule has 0 amide bonds. The number of hydrogen-bond acceptors (Lipinski definition) is 5. The van der Waals surface area contributed by atoms with Crippen LogP contribution in [0.3, 0.4) is 0 Å². The van der Waals surface area contributed by atoms with Gasteiger partial charge in [-0.2, -0.15) is 0 Å². The summed E-state index contributed by atoms with van der Waals surface area (Å²) in [6.07, 6.45) is 1.78. The highest BCUT2D eigenvalue weighted by Gasteiger charge is 2.14. The van der Waals surface area contributed by atoms with Crippen molar-refractivity contribution >= 4 is 11.6 Å². The van der Waals surface area contributed by atoms with Gasteiger partial charge in [-0.05, 0) is 68.6 Å². The topological polar surface area (TPSA) is 58.3 Å². The molecule has 1 aliphatic heterocycles. The van der Waals surface area contributed by atoms with Gasteiger partial charge in [-0.15, -0.1) is 0 Å². The highest BCUT2D eigenvalue weighted by molar-refractivity contribution is 5.66. The molecule has 0 atom stereocenters. The lowest BCUT2D eigenvalue weighted by Gasteiger charge is -2.34. The molecular weight excluding hydrogens is 370 g/mol. The lowest BCUT2D eigenvalue weighted by Crippen LogP contribution is -2.44. The number of rotatable bonds is 5. The second-order valence-corrected chi connectivity index (χ2v) is 8.31. The summed E-state index contributed by atoms with van der Waals surface area (Å²) < 4.78 is 0. The van der Waals surface area contributed by atoms with Crippen LogP contribution < -0.4 is 10.6 Å². The van der Waals surface area contributed by atoms with Crippen molar-refractivity contribution in [3.8, 4) is 11.3 Å². The van der Waals surface area contributed by atoms with E-state index >= 15 is 0 Å². The highest BCUT2D eigenvalue weighted by Crippen LogP contribution is 2.25. The Morgan fingerprint density at radius 3 is 2.37 bits per heavy atom. The molecule has 4 rings (SSSR count). The minimum Gasteiger partial charge on any atom is -0.369 e. The first-order valence-corrected chi connectivity index (χ1v) is 10.7. The summed E-state index contributed by atoms with van der Waals surface area (Å²) in [6.45, 7) is 8.69. The van der Waals surface area contributed by atoms with Crippen LogP contribution in [0.4, 0.5) is 11.6 Å². The summed E-state index contributed by atoms with van der Waals surface area (Å²) in [5.74, 6) is 0.342. The second kappa shape index (κ2) is 8.84. The Morgan fingerprint density at radius 1 is 0.900 bits per heavy atom. The Kier molecular flexibility index (Phi) is 6.00. The zero-order chi connectivity index (χ0) is 21.1. The van der Waals surface area contributed by atoms with Gasteiger partial charge in [-0.1, -0.05) is 30.3 Å². The second-order valence-electron chi connectivity index (χ2n) is 8.31. The van der Waals surface area contributed by atoms with E-state index in [1.807, 2.05) is 0 Å². The Labute approximate surface area is 179 Å². The van der Waals surface area contributed by atoms with Crippen molar-refractivity contribution < 1.29 is 0 Å². The van der Waals surface area contributed by atoms with E-state index in [4.69, 9.17) is 5.73 Å². The van der Waals surface area contributed by atoms with Crippen LogP contribution in [0.1, 0.15) is 22.4 Å². The minimum absolute atomic E-state index is 0.342. The predicted octanol–water partition coefficient (Wildman–Crippen LogP) is 3.88. The largest absolute Gasteiger partial charge is 0.369 e. The summed E-state index contributed by atoms with van der Waals surface area (Å²) in [4.78, 5) is 13.8. The molecule has 0 unspecified atom stereocenters. The van der Waals surface area contributed by atoms with E-state index in [2.05, 4.69) is 89.2 Å². The van der Waals surface area contributed by atoms with E-state index in [9.17, 15) is 0 Å². The van der Waals surface area contributed by atoms with Crippen LogP contribution in [0.5, 0.6) is 0 Å². The summed E-state index contributed by atoms with van der Waals surface area (Å²) in [7, 11) is 2.19. The van der Waals surface area contributed by atoms with Gasteiger partial charge in [0.2, 0.25) is 5.95 Å². The van der Waals surface area contributed by atoms with E-state index in [-0.39, 0.29) is 0 Å². The molecule has 1 aromatic heterocycles. The van der Waals surface area contributed by atoms with Crippen molar-refractivity contribution in [2.45, 2.75) is 26.7 Å². The summed E-state index contributed by atoms with van der Waals surface area (Å²) >= 11 is 0. The smallest absolute Gasteiger partial charge is 0.220 e. The van der Waals surface area contributed by atoms with Crippen LogP contribution in [0.2, 0.25) is 0 Å². The molecule has 0 bridgehead atoms. The minimum atomic E-state index is 0.342. The molecule has 3 aromatic rings. The van der Waals surface area contributed by atoms with Gasteiger partial charge >= 0.3 is 0 Å². The van der Waals surface area contributed by atoms with Gasteiger partial charge in [-0.25, -0.2) is 9.97 Å². The molecule has 156 valence electrons. The molecule has 2 heterocycles. The molecule has 5 heteroatoms. The SMILES string of the molecule is Cc1cccc(-c2cc(CCc3ccc(N4CCN(C)CC4)cc3)nc(N)n2)c1C. The van der Waals surface area contributed by atoms with Crippen LogP contribution >= 0.6 is 0 Å². The van der Waals surface area contributed by atoms with Crippen LogP contribution in [0, 0.1) is 13.8 Å². The zero-order valence-corrected chi connectivity index (χ0v) is 18.2. The third kappa shape index (κ3) is 4.62. The van der Waals surface area contributed by atoms with E-state index in [1.165, 1.54) is 22.4 Å². The maximum atomic E-state index is 6.03. The van der Waals surface area contributed by atoms with Gasteiger partial charge in [0.25, 0.3) is 0 Å². The number of aryl methyl sites for hydroxylation is 3. The Hall–Kier alpha value is -2.92. The first-order valence-electron chi connectivity index (χ1n) is 10.7.